The number of carbonyl (C=O) groups is 1. The predicted molar refractivity (Wildman–Crippen MR) is 72.7 cm³/mol. The fourth-order valence-corrected chi connectivity index (χ4v) is 2.08. The molecule has 0 saturated carbocycles. The Kier molecular flexibility index (Phi) is 2.49. The van der Waals surface area contributed by atoms with Gasteiger partial charge in [0.25, 0.3) is 5.91 Å². The molecule has 0 fully saturated rings. The average molecular weight is 253 g/mol. The van der Waals surface area contributed by atoms with Crippen LogP contribution in [0.2, 0.25) is 0 Å². The van der Waals surface area contributed by atoms with Crippen LogP contribution in [-0.2, 0) is 4.79 Å². The van der Waals surface area contributed by atoms with Crippen molar-refractivity contribution in [1.82, 2.24) is 0 Å². The minimum absolute atomic E-state index is 0.172. The molecule has 94 valence electrons. The predicted octanol–water partition coefficient (Wildman–Crippen LogP) is 2.59. The van der Waals surface area contributed by atoms with Crippen LogP contribution in [0.15, 0.2) is 42.5 Å². The number of amides is 1. The maximum Gasteiger partial charge on any atom is 0.256 e. The number of fused-ring (bicyclic) bond motifs is 1. The Balaban J connectivity index is 2.08. The third-order valence-corrected chi connectivity index (χ3v) is 3.02. The maximum atomic E-state index is 11.9. The Morgan fingerprint density at radius 2 is 1.79 bits per heavy atom. The smallest absolute Gasteiger partial charge is 0.256 e. The van der Waals surface area contributed by atoms with Crippen LogP contribution in [0, 0.1) is 0 Å². The van der Waals surface area contributed by atoms with Gasteiger partial charge in [-0.1, -0.05) is 24.3 Å². The molecule has 2 aromatic carbocycles. The van der Waals surface area contributed by atoms with Crippen LogP contribution >= 0.6 is 0 Å². The molecule has 1 aliphatic heterocycles. The zero-order chi connectivity index (χ0) is 13.4. The van der Waals surface area contributed by atoms with E-state index in [1.165, 1.54) is 12.1 Å². The first kappa shape index (κ1) is 11.3. The molecule has 19 heavy (non-hydrogen) atoms. The Morgan fingerprint density at radius 1 is 1.00 bits per heavy atom. The first-order chi connectivity index (χ1) is 9.15. The van der Waals surface area contributed by atoms with Crippen molar-refractivity contribution in [3.05, 3.63) is 53.6 Å². The molecule has 1 amide bonds. The normalized spacial score (nSPS) is 15.4. The number of benzene rings is 2. The summed E-state index contributed by atoms with van der Waals surface area (Å²) in [5.74, 6) is -0.562. The Bertz CT molecular complexity index is 704. The van der Waals surface area contributed by atoms with Crippen molar-refractivity contribution in [2.45, 2.75) is 0 Å². The molecule has 0 radical (unpaired) electrons. The molecule has 3 rings (SSSR count). The summed E-state index contributed by atoms with van der Waals surface area (Å²) in [6, 6.07) is 11.9. The third kappa shape index (κ3) is 1.93. The zero-order valence-electron chi connectivity index (χ0n) is 9.92. The second-order valence-corrected chi connectivity index (χ2v) is 4.31. The Labute approximate surface area is 109 Å². The van der Waals surface area contributed by atoms with Crippen molar-refractivity contribution in [3.63, 3.8) is 0 Å². The molecule has 1 aliphatic rings. The number of para-hydroxylation sites is 1. The minimum atomic E-state index is -0.207. The molecule has 0 aromatic heterocycles. The lowest BCUT2D eigenvalue weighted by molar-refractivity contribution is -0.110. The molecule has 4 heteroatoms. The van der Waals surface area contributed by atoms with Gasteiger partial charge in [0.2, 0.25) is 0 Å². The lowest BCUT2D eigenvalue weighted by Gasteiger charge is -2.01. The standard InChI is InChI=1S/C15H11NO3/c17-13-6-5-9(8-14(13)18)7-11-10-3-1-2-4-12(10)16-15(11)19/h1-8,17-18H,(H,16,19)/b11-7+. The monoisotopic (exact) mass is 253 g/mol. The number of carbonyl (C=O) groups excluding carboxylic acids is 1. The van der Waals surface area contributed by atoms with Gasteiger partial charge in [0, 0.05) is 16.8 Å². The van der Waals surface area contributed by atoms with Gasteiger partial charge in [0.1, 0.15) is 0 Å². The van der Waals surface area contributed by atoms with Gasteiger partial charge < -0.3 is 15.5 Å². The molecule has 1 heterocycles. The number of nitrogens with one attached hydrogen (secondary N) is 1. The van der Waals surface area contributed by atoms with Crippen molar-refractivity contribution in [1.29, 1.82) is 0 Å². The van der Waals surface area contributed by atoms with Gasteiger partial charge in [0.15, 0.2) is 11.5 Å². The second kappa shape index (κ2) is 4.17. The van der Waals surface area contributed by atoms with Gasteiger partial charge >= 0.3 is 0 Å². The van der Waals surface area contributed by atoms with Gasteiger partial charge in [-0.25, -0.2) is 0 Å². The lowest BCUT2D eigenvalue weighted by Crippen LogP contribution is -2.03. The van der Waals surface area contributed by atoms with Gasteiger partial charge in [-0.2, -0.15) is 0 Å². The zero-order valence-corrected chi connectivity index (χ0v) is 9.92. The summed E-state index contributed by atoms with van der Waals surface area (Å²) in [4.78, 5) is 11.9. The summed E-state index contributed by atoms with van der Waals surface area (Å²) >= 11 is 0. The maximum absolute atomic E-state index is 11.9. The molecule has 0 spiro atoms. The summed E-state index contributed by atoms with van der Waals surface area (Å²) in [6.45, 7) is 0. The SMILES string of the molecule is O=C1Nc2ccccc2/C1=C\c1ccc(O)c(O)c1. The van der Waals surface area contributed by atoms with Crippen LogP contribution in [0.1, 0.15) is 11.1 Å². The van der Waals surface area contributed by atoms with Crippen LogP contribution in [-0.4, -0.2) is 16.1 Å². The average Bonchev–Trinajstić information content (AvgIpc) is 2.71. The second-order valence-electron chi connectivity index (χ2n) is 4.31. The highest BCUT2D eigenvalue weighted by atomic mass is 16.3. The summed E-state index contributed by atoms with van der Waals surface area (Å²) in [6.07, 6.45) is 1.68. The van der Waals surface area contributed by atoms with Gasteiger partial charge in [-0.05, 0) is 29.8 Å². The highest BCUT2D eigenvalue weighted by molar-refractivity contribution is 6.34. The fraction of sp³-hybridized carbons (Fsp3) is 0. The number of aromatic hydroxyl groups is 2. The molecule has 3 N–H and O–H groups in total. The van der Waals surface area contributed by atoms with Crippen molar-refractivity contribution >= 4 is 23.2 Å². The number of phenolic OH excluding ortho intramolecular Hbond substituents is 2. The van der Waals surface area contributed by atoms with Crippen molar-refractivity contribution in [2.75, 3.05) is 5.32 Å². The van der Waals surface area contributed by atoms with E-state index in [0.29, 0.717) is 11.1 Å². The number of phenols is 2. The Morgan fingerprint density at radius 3 is 2.58 bits per heavy atom. The van der Waals surface area contributed by atoms with E-state index in [1.807, 2.05) is 24.3 Å². The van der Waals surface area contributed by atoms with E-state index in [1.54, 1.807) is 12.1 Å². The van der Waals surface area contributed by atoms with Crippen LogP contribution in [0.3, 0.4) is 0 Å². The van der Waals surface area contributed by atoms with Crippen LogP contribution < -0.4 is 5.32 Å². The highest BCUT2D eigenvalue weighted by Crippen LogP contribution is 2.34. The molecule has 4 nitrogen and oxygen atoms in total. The molecule has 0 atom stereocenters. The molecule has 0 aliphatic carbocycles. The van der Waals surface area contributed by atoms with E-state index >= 15 is 0 Å². The summed E-state index contributed by atoms with van der Waals surface area (Å²) in [5.41, 5.74) is 2.81. The summed E-state index contributed by atoms with van der Waals surface area (Å²) in [7, 11) is 0. The number of hydrogen-bond donors (Lipinski definition) is 3. The van der Waals surface area contributed by atoms with Gasteiger partial charge in [-0.15, -0.1) is 0 Å². The van der Waals surface area contributed by atoms with Gasteiger partial charge in [-0.3, -0.25) is 4.79 Å². The summed E-state index contributed by atoms with van der Waals surface area (Å²) < 4.78 is 0. The molecule has 0 bridgehead atoms. The molecule has 2 aromatic rings. The number of rotatable bonds is 1. The molecule has 0 saturated heterocycles. The minimum Gasteiger partial charge on any atom is -0.504 e. The molecular formula is C15H11NO3. The third-order valence-electron chi connectivity index (χ3n) is 3.02. The molecular weight excluding hydrogens is 242 g/mol. The van der Waals surface area contributed by atoms with Crippen molar-refractivity contribution in [3.8, 4) is 11.5 Å². The topological polar surface area (TPSA) is 69.6 Å². The van der Waals surface area contributed by atoms with E-state index in [9.17, 15) is 15.0 Å². The van der Waals surface area contributed by atoms with Crippen LogP contribution in [0.4, 0.5) is 5.69 Å². The van der Waals surface area contributed by atoms with Crippen molar-refractivity contribution < 1.29 is 15.0 Å². The largest absolute Gasteiger partial charge is 0.504 e. The highest BCUT2D eigenvalue weighted by Gasteiger charge is 2.23. The Hall–Kier alpha value is -2.75. The van der Waals surface area contributed by atoms with E-state index in [0.717, 1.165) is 11.3 Å². The van der Waals surface area contributed by atoms with Crippen LogP contribution in [0.5, 0.6) is 11.5 Å². The fourth-order valence-electron chi connectivity index (χ4n) is 2.08. The van der Waals surface area contributed by atoms with E-state index in [4.69, 9.17) is 0 Å². The number of anilines is 1. The van der Waals surface area contributed by atoms with Gasteiger partial charge in [0.05, 0.1) is 0 Å². The quantitative estimate of drug-likeness (QED) is 0.540. The van der Waals surface area contributed by atoms with E-state index < -0.39 is 0 Å². The molecule has 0 unspecified atom stereocenters. The van der Waals surface area contributed by atoms with Crippen LogP contribution in [0.25, 0.3) is 11.6 Å². The first-order valence-electron chi connectivity index (χ1n) is 5.79. The van der Waals surface area contributed by atoms with E-state index in [-0.39, 0.29) is 17.4 Å². The summed E-state index contributed by atoms with van der Waals surface area (Å²) in [5, 5.41) is 21.5. The van der Waals surface area contributed by atoms with Crippen molar-refractivity contribution in [2.24, 2.45) is 0 Å². The first-order valence-corrected chi connectivity index (χ1v) is 5.79. The lowest BCUT2D eigenvalue weighted by atomic mass is 10.0. The number of hydrogen-bond acceptors (Lipinski definition) is 3. The van der Waals surface area contributed by atoms with E-state index in [2.05, 4.69) is 5.32 Å².